The van der Waals surface area contributed by atoms with Gasteiger partial charge in [0.1, 0.15) is 0 Å². The van der Waals surface area contributed by atoms with Crippen molar-refractivity contribution in [2.24, 2.45) is 17.6 Å². The third kappa shape index (κ3) is 6.74. The van der Waals surface area contributed by atoms with Crippen LogP contribution in [0, 0.1) is 11.8 Å². The van der Waals surface area contributed by atoms with Gasteiger partial charge in [0.25, 0.3) is 0 Å². The highest BCUT2D eigenvalue weighted by molar-refractivity contribution is 5.39. The average molecular weight is 374 g/mol. The number of nitrogens with two attached hydrogens (primary N) is 1. The summed E-state index contributed by atoms with van der Waals surface area (Å²) in [7, 11) is 0. The molecule has 0 amide bonds. The van der Waals surface area contributed by atoms with Gasteiger partial charge in [0.15, 0.2) is 0 Å². The highest BCUT2D eigenvalue weighted by Gasteiger charge is 2.36. The maximum Gasteiger partial charge on any atom is 0.0611 e. The molecule has 0 bridgehead atoms. The number of hydrogen-bond donors (Lipinski definition) is 2. The summed E-state index contributed by atoms with van der Waals surface area (Å²) in [6.07, 6.45) is 17.2. The Morgan fingerprint density at radius 1 is 1.33 bits per heavy atom. The molecule has 0 unspecified atom stereocenters. The van der Waals surface area contributed by atoms with E-state index < -0.39 is 5.54 Å². The Kier molecular flexibility index (Phi) is 9.01. The van der Waals surface area contributed by atoms with Crippen LogP contribution in [-0.4, -0.2) is 30.5 Å². The van der Waals surface area contributed by atoms with Crippen LogP contribution in [0.1, 0.15) is 65.2 Å². The highest BCUT2D eigenvalue weighted by atomic mass is 16.5. The Labute approximate surface area is 166 Å². The molecule has 3 atom stereocenters. The molecular weight excluding hydrogens is 334 g/mol. The van der Waals surface area contributed by atoms with Crippen molar-refractivity contribution in [2.75, 3.05) is 19.8 Å². The largest absolute Gasteiger partial charge is 0.394 e. The summed E-state index contributed by atoms with van der Waals surface area (Å²) in [6, 6.07) is 0. The molecule has 0 aliphatic heterocycles. The first-order valence-electron chi connectivity index (χ1n) is 10.7. The molecule has 0 aromatic heterocycles. The first-order chi connectivity index (χ1) is 13.0. The van der Waals surface area contributed by atoms with Gasteiger partial charge in [0.05, 0.1) is 13.2 Å². The van der Waals surface area contributed by atoms with E-state index in [2.05, 4.69) is 44.7 Å². The molecule has 2 rings (SSSR count). The number of aliphatic hydroxyl groups excluding tert-OH is 1. The molecule has 0 aromatic carbocycles. The van der Waals surface area contributed by atoms with Crippen molar-refractivity contribution in [2.45, 2.75) is 70.8 Å². The molecular formula is C24H39NO2. The molecule has 27 heavy (non-hydrogen) atoms. The van der Waals surface area contributed by atoms with Gasteiger partial charge in [-0.25, -0.2) is 0 Å². The van der Waals surface area contributed by atoms with Crippen LogP contribution < -0.4 is 5.73 Å². The Balaban J connectivity index is 1.83. The highest BCUT2D eigenvalue weighted by Crippen LogP contribution is 2.39. The van der Waals surface area contributed by atoms with Gasteiger partial charge in [-0.05, 0) is 81.3 Å². The molecule has 2 aliphatic rings. The van der Waals surface area contributed by atoms with Crippen LogP contribution in [0.4, 0.5) is 0 Å². The summed E-state index contributed by atoms with van der Waals surface area (Å²) in [6.45, 7) is 10.4. The molecule has 0 spiro atoms. The minimum absolute atomic E-state index is 0.0728. The second-order valence-corrected chi connectivity index (χ2v) is 8.37. The van der Waals surface area contributed by atoms with Crippen molar-refractivity contribution < 1.29 is 9.84 Å². The second kappa shape index (κ2) is 11.0. The lowest BCUT2D eigenvalue weighted by atomic mass is 9.80. The van der Waals surface area contributed by atoms with Crippen LogP contribution in [0.15, 0.2) is 47.6 Å². The van der Waals surface area contributed by atoms with E-state index in [1.165, 1.54) is 23.1 Å². The first kappa shape index (κ1) is 22.1. The number of aliphatic hydroxyl groups is 1. The van der Waals surface area contributed by atoms with Crippen molar-refractivity contribution in [1.82, 2.24) is 0 Å². The van der Waals surface area contributed by atoms with E-state index in [1.54, 1.807) is 0 Å². The summed E-state index contributed by atoms with van der Waals surface area (Å²) >= 11 is 0. The molecule has 0 saturated heterocycles. The van der Waals surface area contributed by atoms with Crippen LogP contribution in [0.5, 0.6) is 0 Å². The third-order valence-corrected chi connectivity index (χ3v) is 6.12. The SMILES string of the molecule is C=C(/C=C1/CC[C@@H](COCC/C=C\CC)C/C1=C/C)[C@H]1CC[C@](N)(CO)C1. The number of allylic oxidation sites excluding steroid dienone is 6. The van der Waals surface area contributed by atoms with Gasteiger partial charge in [-0.2, -0.15) is 0 Å². The average Bonchev–Trinajstić information content (AvgIpc) is 3.08. The van der Waals surface area contributed by atoms with Crippen molar-refractivity contribution >= 4 is 0 Å². The lowest BCUT2D eigenvalue weighted by Gasteiger charge is -2.27. The van der Waals surface area contributed by atoms with E-state index >= 15 is 0 Å². The molecule has 0 heterocycles. The minimum Gasteiger partial charge on any atom is -0.394 e. The van der Waals surface area contributed by atoms with E-state index in [-0.39, 0.29) is 6.61 Å². The van der Waals surface area contributed by atoms with Gasteiger partial charge in [0.2, 0.25) is 0 Å². The van der Waals surface area contributed by atoms with Crippen LogP contribution in [0.25, 0.3) is 0 Å². The van der Waals surface area contributed by atoms with Crippen LogP contribution in [0.2, 0.25) is 0 Å². The van der Waals surface area contributed by atoms with E-state index in [9.17, 15) is 5.11 Å². The zero-order valence-corrected chi connectivity index (χ0v) is 17.4. The first-order valence-corrected chi connectivity index (χ1v) is 10.7. The molecule has 2 saturated carbocycles. The summed E-state index contributed by atoms with van der Waals surface area (Å²) in [5.41, 5.74) is 9.89. The Morgan fingerprint density at radius 3 is 2.81 bits per heavy atom. The van der Waals surface area contributed by atoms with Gasteiger partial charge in [0, 0.05) is 12.1 Å². The number of hydrogen-bond acceptors (Lipinski definition) is 3. The minimum atomic E-state index is -0.406. The van der Waals surface area contributed by atoms with E-state index in [0.717, 1.165) is 58.2 Å². The van der Waals surface area contributed by atoms with E-state index in [0.29, 0.717) is 11.8 Å². The lowest BCUT2D eigenvalue weighted by Crippen LogP contribution is -2.40. The van der Waals surface area contributed by atoms with Crippen LogP contribution in [-0.2, 0) is 4.74 Å². The normalized spacial score (nSPS) is 32.0. The van der Waals surface area contributed by atoms with Crippen molar-refractivity contribution in [3.8, 4) is 0 Å². The standard InChI is InChI=1S/C24H39NO2/c1-4-6-7-8-13-27-17-20-9-10-22(21(5-2)15-20)14-19(3)23-11-12-24(25,16-23)18-26/h5-7,14,20,23,26H,3-4,8-13,15-18,25H2,1-2H3/b7-6-,21-5-,22-14-/t20-,23+,24-/m1/s1. The fraction of sp³-hybridized carbons (Fsp3) is 0.667. The summed E-state index contributed by atoms with van der Waals surface area (Å²) < 4.78 is 5.89. The fourth-order valence-corrected chi connectivity index (χ4v) is 4.32. The maximum atomic E-state index is 9.49. The molecule has 152 valence electrons. The van der Waals surface area contributed by atoms with E-state index in [1.807, 2.05) is 0 Å². The Hall–Kier alpha value is -1.16. The lowest BCUT2D eigenvalue weighted by molar-refractivity contribution is 0.0977. The number of ether oxygens (including phenoxy) is 1. The Morgan fingerprint density at radius 2 is 2.15 bits per heavy atom. The monoisotopic (exact) mass is 373 g/mol. The van der Waals surface area contributed by atoms with Crippen LogP contribution in [0.3, 0.4) is 0 Å². The van der Waals surface area contributed by atoms with Crippen molar-refractivity contribution in [1.29, 1.82) is 0 Å². The molecule has 3 N–H and O–H groups in total. The topological polar surface area (TPSA) is 55.5 Å². The molecule has 2 aliphatic carbocycles. The predicted molar refractivity (Wildman–Crippen MR) is 115 cm³/mol. The quantitative estimate of drug-likeness (QED) is 0.438. The summed E-state index contributed by atoms with van der Waals surface area (Å²) in [5, 5.41) is 9.49. The molecule has 0 aromatic rings. The predicted octanol–water partition coefficient (Wildman–Crippen LogP) is 5.08. The molecule has 2 fully saturated rings. The third-order valence-electron chi connectivity index (χ3n) is 6.12. The van der Waals surface area contributed by atoms with Crippen molar-refractivity contribution in [3.63, 3.8) is 0 Å². The van der Waals surface area contributed by atoms with Gasteiger partial charge in [-0.3, -0.25) is 0 Å². The number of rotatable bonds is 9. The van der Waals surface area contributed by atoms with E-state index in [4.69, 9.17) is 10.5 Å². The maximum absolute atomic E-state index is 9.49. The van der Waals surface area contributed by atoms with Gasteiger partial charge in [-0.15, -0.1) is 0 Å². The Bertz CT molecular complexity index is 575. The van der Waals surface area contributed by atoms with Gasteiger partial charge >= 0.3 is 0 Å². The zero-order valence-electron chi connectivity index (χ0n) is 17.4. The smallest absolute Gasteiger partial charge is 0.0611 e. The zero-order chi connectivity index (χ0) is 19.7. The summed E-state index contributed by atoms with van der Waals surface area (Å²) in [5.74, 6) is 1.03. The molecule has 3 nitrogen and oxygen atoms in total. The van der Waals surface area contributed by atoms with Crippen LogP contribution >= 0.6 is 0 Å². The van der Waals surface area contributed by atoms with Crippen molar-refractivity contribution in [3.05, 3.63) is 47.6 Å². The molecule has 0 radical (unpaired) electrons. The second-order valence-electron chi connectivity index (χ2n) is 8.37. The summed E-state index contributed by atoms with van der Waals surface area (Å²) in [4.78, 5) is 0. The van der Waals surface area contributed by atoms with Gasteiger partial charge < -0.3 is 15.6 Å². The molecule has 3 heteroatoms. The fourth-order valence-electron chi connectivity index (χ4n) is 4.32. The van der Waals surface area contributed by atoms with Gasteiger partial charge in [-0.1, -0.05) is 43.4 Å².